The molecule has 2 heterocycles. The molecule has 2 rings (SSSR count). The van der Waals surface area contributed by atoms with Crippen LogP contribution in [0.2, 0.25) is 0 Å². The lowest BCUT2D eigenvalue weighted by Gasteiger charge is -2.45. The highest BCUT2D eigenvalue weighted by atomic mass is 32.2. The van der Waals surface area contributed by atoms with Crippen molar-refractivity contribution in [1.82, 2.24) is 4.90 Å². The first-order valence-electron chi connectivity index (χ1n) is 6.45. The number of carboxylic acid groups (broad SMARTS) is 1. The van der Waals surface area contributed by atoms with Gasteiger partial charge in [0, 0.05) is 6.61 Å². The summed E-state index contributed by atoms with van der Waals surface area (Å²) in [5.41, 5.74) is 0. The van der Waals surface area contributed by atoms with Crippen molar-refractivity contribution in [3.8, 4) is 0 Å². The molecule has 2 saturated heterocycles. The van der Waals surface area contributed by atoms with Gasteiger partial charge in [-0.3, -0.25) is 19.3 Å². The number of hydrogen-bond donors (Lipinski definition) is 2. The highest BCUT2D eigenvalue weighted by Gasteiger charge is 2.55. The van der Waals surface area contributed by atoms with Gasteiger partial charge >= 0.3 is 11.9 Å². The third-order valence-corrected chi connectivity index (χ3v) is 4.68. The number of rotatable bonds is 3. The summed E-state index contributed by atoms with van der Waals surface area (Å²) in [6.45, 7) is 1.83. The van der Waals surface area contributed by atoms with E-state index in [2.05, 4.69) is 0 Å². The monoisotopic (exact) mass is 317 g/mol. The molecule has 0 radical (unpaired) electrons. The molecule has 2 N–H and O–H groups in total. The summed E-state index contributed by atoms with van der Waals surface area (Å²) in [5, 5.41) is 16.9. The standard InChI is InChI=1S/C12H15NO7S/c1-5(14)7-8(15)13(9(16)11(17)18)10(7)21-12(19)6-3-2-4-20-6/h5-7,10,14H,2-4H2,1H3,(H,17,18)/t5-,6-,7+,10-/m1/s1. The Kier molecular flexibility index (Phi) is 4.64. The molecule has 0 spiro atoms. The Morgan fingerprint density at radius 3 is 2.57 bits per heavy atom. The van der Waals surface area contributed by atoms with E-state index < -0.39 is 41.3 Å². The summed E-state index contributed by atoms with van der Waals surface area (Å²) in [6.07, 6.45) is -0.385. The molecule has 8 nitrogen and oxygen atoms in total. The lowest BCUT2D eigenvalue weighted by molar-refractivity contribution is -0.173. The predicted molar refractivity (Wildman–Crippen MR) is 70.0 cm³/mol. The van der Waals surface area contributed by atoms with Gasteiger partial charge in [-0.15, -0.1) is 0 Å². The highest BCUT2D eigenvalue weighted by molar-refractivity contribution is 8.14. The molecule has 0 aromatic carbocycles. The molecular formula is C12H15NO7S. The van der Waals surface area contributed by atoms with Crippen molar-refractivity contribution in [2.75, 3.05) is 6.61 Å². The second-order valence-electron chi connectivity index (χ2n) is 4.91. The number of aliphatic carboxylic acids is 1. The second kappa shape index (κ2) is 6.12. The minimum absolute atomic E-state index is 0.362. The molecule has 0 aliphatic carbocycles. The largest absolute Gasteiger partial charge is 0.474 e. The van der Waals surface area contributed by atoms with E-state index in [0.29, 0.717) is 29.7 Å². The molecule has 116 valence electrons. The summed E-state index contributed by atoms with van der Waals surface area (Å²) >= 11 is 0.675. The number of nitrogens with zero attached hydrogens (tertiary/aromatic N) is 1. The van der Waals surface area contributed by atoms with Gasteiger partial charge < -0.3 is 14.9 Å². The molecule has 0 aromatic rings. The number of ether oxygens (including phenoxy) is 1. The summed E-state index contributed by atoms with van der Waals surface area (Å²) in [7, 11) is 0. The lowest BCUT2D eigenvalue weighted by Crippen LogP contribution is -2.66. The van der Waals surface area contributed by atoms with Crippen LogP contribution < -0.4 is 0 Å². The van der Waals surface area contributed by atoms with Crippen LogP contribution in [0.1, 0.15) is 19.8 Å². The fourth-order valence-electron chi connectivity index (χ4n) is 2.33. The van der Waals surface area contributed by atoms with E-state index in [1.165, 1.54) is 6.92 Å². The van der Waals surface area contributed by atoms with Crippen molar-refractivity contribution >= 4 is 34.7 Å². The topological polar surface area (TPSA) is 121 Å². The maximum atomic E-state index is 12.0. The Morgan fingerprint density at radius 1 is 1.43 bits per heavy atom. The molecule has 4 atom stereocenters. The van der Waals surface area contributed by atoms with Gasteiger partial charge in [-0.1, -0.05) is 11.8 Å². The first-order chi connectivity index (χ1) is 9.84. The minimum atomic E-state index is -1.78. The van der Waals surface area contributed by atoms with Crippen molar-refractivity contribution in [3.05, 3.63) is 0 Å². The normalized spacial score (nSPS) is 29.9. The van der Waals surface area contributed by atoms with E-state index in [1.54, 1.807) is 0 Å². The number of hydrogen-bond acceptors (Lipinski definition) is 7. The fourth-order valence-corrected chi connectivity index (χ4v) is 3.71. The Balaban J connectivity index is 2.11. The second-order valence-corrected chi connectivity index (χ2v) is 6.04. The number of likely N-dealkylation sites (tertiary alicyclic amines) is 1. The lowest BCUT2D eigenvalue weighted by atomic mass is 9.93. The first-order valence-corrected chi connectivity index (χ1v) is 7.33. The number of β-lactam (4-membered cyclic amide) rings is 1. The predicted octanol–water partition coefficient (Wildman–Crippen LogP) is -0.798. The molecule has 21 heavy (non-hydrogen) atoms. The number of carbonyl (C=O) groups is 4. The fraction of sp³-hybridized carbons (Fsp3) is 0.667. The Bertz CT molecular complexity index is 486. The Hall–Kier alpha value is -1.45. The molecule has 0 bridgehead atoms. The van der Waals surface area contributed by atoms with E-state index in [9.17, 15) is 24.3 Å². The van der Waals surface area contributed by atoms with Crippen LogP contribution in [0.4, 0.5) is 0 Å². The number of carboxylic acids is 1. The SMILES string of the molecule is C[C@@H](O)[C@H]1C(=O)N(C(=O)C(=O)O)[C@@H]1SC(=O)[C@H]1CCCO1. The average molecular weight is 317 g/mol. The van der Waals surface area contributed by atoms with Crippen LogP contribution in [-0.4, -0.2) is 62.2 Å². The third-order valence-electron chi connectivity index (χ3n) is 3.44. The van der Waals surface area contributed by atoms with Crippen LogP contribution in [0.3, 0.4) is 0 Å². The summed E-state index contributed by atoms with van der Waals surface area (Å²) < 4.78 is 5.21. The first kappa shape index (κ1) is 15.9. The molecule has 9 heteroatoms. The van der Waals surface area contributed by atoms with Crippen molar-refractivity contribution in [3.63, 3.8) is 0 Å². The Morgan fingerprint density at radius 2 is 2.10 bits per heavy atom. The third kappa shape index (κ3) is 2.94. The molecule has 2 amide bonds. The molecule has 0 saturated carbocycles. The molecular weight excluding hydrogens is 302 g/mol. The molecule has 0 unspecified atom stereocenters. The quantitative estimate of drug-likeness (QED) is 0.512. The number of imide groups is 1. The van der Waals surface area contributed by atoms with Gasteiger partial charge in [0.05, 0.1) is 12.0 Å². The van der Waals surface area contributed by atoms with E-state index >= 15 is 0 Å². The zero-order valence-corrected chi connectivity index (χ0v) is 12.0. The Labute approximate surface area is 124 Å². The van der Waals surface area contributed by atoms with Gasteiger partial charge in [0.1, 0.15) is 11.5 Å². The van der Waals surface area contributed by atoms with Gasteiger partial charge in [-0.25, -0.2) is 4.79 Å². The zero-order valence-electron chi connectivity index (χ0n) is 11.2. The van der Waals surface area contributed by atoms with Crippen LogP contribution in [0.5, 0.6) is 0 Å². The van der Waals surface area contributed by atoms with Crippen LogP contribution in [0.25, 0.3) is 0 Å². The summed E-state index contributed by atoms with van der Waals surface area (Å²) in [5.74, 6) is -4.92. The zero-order chi connectivity index (χ0) is 15.7. The summed E-state index contributed by atoms with van der Waals surface area (Å²) in [4.78, 5) is 46.5. The van der Waals surface area contributed by atoms with Crippen molar-refractivity contribution in [2.45, 2.75) is 37.3 Å². The number of amides is 2. The van der Waals surface area contributed by atoms with Gasteiger partial charge in [-0.05, 0) is 19.8 Å². The number of thioether (sulfide) groups is 1. The van der Waals surface area contributed by atoms with Gasteiger partial charge in [0.2, 0.25) is 11.0 Å². The van der Waals surface area contributed by atoms with Crippen LogP contribution in [0, 0.1) is 5.92 Å². The minimum Gasteiger partial charge on any atom is -0.474 e. The van der Waals surface area contributed by atoms with Gasteiger partial charge in [0.25, 0.3) is 0 Å². The molecule has 0 aromatic heterocycles. The van der Waals surface area contributed by atoms with Crippen molar-refractivity contribution in [2.24, 2.45) is 5.92 Å². The van der Waals surface area contributed by atoms with Crippen LogP contribution in [-0.2, 0) is 23.9 Å². The van der Waals surface area contributed by atoms with Crippen molar-refractivity contribution in [1.29, 1.82) is 0 Å². The summed E-state index contributed by atoms with van der Waals surface area (Å²) in [6, 6.07) is 0. The van der Waals surface area contributed by atoms with E-state index in [1.807, 2.05) is 0 Å². The average Bonchev–Trinajstić information content (AvgIpc) is 2.91. The van der Waals surface area contributed by atoms with E-state index in [0.717, 1.165) is 6.42 Å². The smallest absolute Gasteiger partial charge is 0.395 e. The molecule has 2 aliphatic heterocycles. The molecule has 2 aliphatic rings. The highest BCUT2D eigenvalue weighted by Crippen LogP contribution is 2.39. The van der Waals surface area contributed by atoms with E-state index in [-0.39, 0.29) is 5.12 Å². The van der Waals surface area contributed by atoms with Gasteiger partial charge in [-0.2, -0.15) is 0 Å². The molecule has 2 fully saturated rings. The number of aliphatic hydroxyl groups excluding tert-OH is 1. The number of aliphatic hydroxyl groups is 1. The number of carbonyl (C=O) groups excluding carboxylic acids is 3. The van der Waals surface area contributed by atoms with Crippen LogP contribution >= 0.6 is 11.8 Å². The maximum absolute atomic E-state index is 12.0. The van der Waals surface area contributed by atoms with Crippen LogP contribution in [0.15, 0.2) is 0 Å². The van der Waals surface area contributed by atoms with Crippen molar-refractivity contribution < 1.29 is 34.1 Å². The van der Waals surface area contributed by atoms with Gasteiger partial charge in [0.15, 0.2) is 0 Å². The van der Waals surface area contributed by atoms with E-state index in [4.69, 9.17) is 9.84 Å². The maximum Gasteiger partial charge on any atom is 0.395 e.